The maximum atomic E-state index is 12.4. The highest BCUT2D eigenvalue weighted by molar-refractivity contribution is 6.43. The maximum Gasteiger partial charge on any atom is 0.268 e. The molecule has 9 nitrogen and oxygen atoms in total. The molecule has 1 aromatic carbocycles. The smallest absolute Gasteiger partial charge is 0.268 e. The van der Waals surface area contributed by atoms with Crippen LogP contribution in [0.25, 0.3) is 22.3 Å². The Morgan fingerprint density at radius 1 is 1.12 bits per heavy atom. The molecule has 4 heterocycles. The van der Waals surface area contributed by atoms with E-state index in [9.17, 15) is 4.79 Å². The van der Waals surface area contributed by atoms with E-state index in [0.717, 1.165) is 24.8 Å². The summed E-state index contributed by atoms with van der Waals surface area (Å²) in [5.74, 6) is -0.292. The number of halogens is 2. The zero-order valence-electron chi connectivity index (χ0n) is 18.1. The molecule has 34 heavy (non-hydrogen) atoms. The number of amides is 1. The summed E-state index contributed by atoms with van der Waals surface area (Å²) in [7, 11) is 0. The van der Waals surface area contributed by atoms with Crippen LogP contribution in [-0.2, 0) is 6.42 Å². The molecule has 174 valence electrons. The van der Waals surface area contributed by atoms with Crippen LogP contribution in [0, 0.1) is 0 Å². The highest BCUT2D eigenvalue weighted by Crippen LogP contribution is 2.37. The van der Waals surface area contributed by atoms with Gasteiger partial charge in [0.2, 0.25) is 5.95 Å². The van der Waals surface area contributed by atoms with Crippen molar-refractivity contribution in [2.24, 2.45) is 11.5 Å². The number of hydrogen-bond acceptors (Lipinski definition) is 7. The first-order chi connectivity index (χ1) is 16.3. The van der Waals surface area contributed by atoms with Crippen molar-refractivity contribution in [3.63, 3.8) is 0 Å². The van der Waals surface area contributed by atoms with Gasteiger partial charge in [0, 0.05) is 36.6 Å². The van der Waals surface area contributed by atoms with Gasteiger partial charge in [-0.2, -0.15) is 10.1 Å². The molecular weight excluding hydrogens is 475 g/mol. The van der Waals surface area contributed by atoms with Crippen LogP contribution >= 0.6 is 23.2 Å². The third-order valence-corrected chi connectivity index (χ3v) is 7.02. The fourth-order valence-corrected chi connectivity index (χ4v) is 4.76. The number of carbonyl (C=O) groups excluding carboxylic acids is 1. The molecule has 1 aliphatic rings. The van der Waals surface area contributed by atoms with Crippen LogP contribution in [0.5, 0.6) is 0 Å². The molecule has 0 bridgehead atoms. The number of primary amides is 1. The van der Waals surface area contributed by atoms with Crippen molar-refractivity contribution < 1.29 is 4.79 Å². The number of carbonyl (C=O) groups is 1. The van der Waals surface area contributed by atoms with Crippen LogP contribution < -0.4 is 16.4 Å². The fourth-order valence-electron chi connectivity index (χ4n) is 4.36. The van der Waals surface area contributed by atoms with Crippen LogP contribution in [0.15, 0.2) is 42.7 Å². The standard InChI is InChI=1S/C23H22Cl2N8O/c24-15-3-1-2-14(17(15)25)18-16-19(20(26)34)29-22(30-21(16)32-31-18)33-10-6-23(27,7-11-33)12-13-4-8-28-9-5-13/h1-5,8-9H,6-7,10-12,27H2,(H2,26,34)(H,29,30,31,32). The number of nitrogens with one attached hydrogen (secondary N) is 1. The van der Waals surface area contributed by atoms with Gasteiger partial charge in [-0.3, -0.25) is 14.9 Å². The summed E-state index contributed by atoms with van der Waals surface area (Å²) in [6.45, 7) is 1.28. The zero-order chi connectivity index (χ0) is 23.9. The minimum atomic E-state index is -0.683. The summed E-state index contributed by atoms with van der Waals surface area (Å²) < 4.78 is 0. The molecule has 3 aromatic heterocycles. The normalized spacial score (nSPS) is 15.6. The van der Waals surface area contributed by atoms with Crippen molar-refractivity contribution in [2.45, 2.75) is 24.8 Å². The van der Waals surface area contributed by atoms with E-state index in [1.807, 2.05) is 17.0 Å². The van der Waals surface area contributed by atoms with Gasteiger partial charge in [-0.1, -0.05) is 35.3 Å². The molecule has 0 spiro atoms. The predicted molar refractivity (Wildman–Crippen MR) is 132 cm³/mol. The number of fused-ring (bicyclic) bond motifs is 1. The van der Waals surface area contributed by atoms with Crippen molar-refractivity contribution in [1.82, 2.24) is 25.1 Å². The molecule has 11 heteroatoms. The number of nitrogens with two attached hydrogens (primary N) is 2. The quantitative estimate of drug-likeness (QED) is 0.384. The number of piperidine rings is 1. The monoisotopic (exact) mass is 496 g/mol. The van der Waals surface area contributed by atoms with E-state index >= 15 is 0 Å². The van der Waals surface area contributed by atoms with Crippen molar-refractivity contribution >= 4 is 46.1 Å². The SMILES string of the molecule is NC(=O)c1nc(N2CCC(N)(Cc3ccncc3)CC2)nc2n[nH]c(-c3cccc(Cl)c3Cl)c12. The number of aromatic nitrogens is 5. The first-order valence-electron chi connectivity index (χ1n) is 10.8. The second kappa shape index (κ2) is 8.83. The number of aromatic amines is 1. The zero-order valence-corrected chi connectivity index (χ0v) is 19.6. The Morgan fingerprint density at radius 3 is 2.56 bits per heavy atom. The first kappa shape index (κ1) is 22.5. The minimum absolute atomic E-state index is 0.0705. The minimum Gasteiger partial charge on any atom is -0.364 e. The molecule has 1 aliphatic heterocycles. The fraction of sp³-hybridized carbons (Fsp3) is 0.261. The van der Waals surface area contributed by atoms with E-state index in [2.05, 4.69) is 25.1 Å². The molecule has 0 saturated carbocycles. The Morgan fingerprint density at radius 2 is 1.85 bits per heavy atom. The van der Waals surface area contributed by atoms with E-state index < -0.39 is 5.91 Å². The Balaban J connectivity index is 1.45. The topological polar surface area (TPSA) is 140 Å². The number of benzene rings is 1. The van der Waals surface area contributed by atoms with Gasteiger partial charge in [0.1, 0.15) is 5.69 Å². The lowest BCUT2D eigenvalue weighted by Crippen LogP contribution is -2.52. The van der Waals surface area contributed by atoms with Crippen molar-refractivity contribution in [1.29, 1.82) is 0 Å². The molecule has 5 rings (SSSR count). The summed E-state index contributed by atoms with van der Waals surface area (Å²) in [5, 5.41) is 8.34. The van der Waals surface area contributed by atoms with Gasteiger partial charge in [-0.25, -0.2) is 4.98 Å². The molecule has 0 radical (unpaired) electrons. The Labute approximate surface area is 205 Å². The highest BCUT2D eigenvalue weighted by atomic mass is 35.5. The first-order valence-corrected chi connectivity index (χ1v) is 11.5. The largest absolute Gasteiger partial charge is 0.364 e. The Bertz CT molecular complexity index is 1370. The number of rotatable bonds is 5. The van der Waals surface area contributed by atoms with E-state index in [1.54, 1.807) is 30.6 Å². The maximum absolute atomic E-state index is 12.4. The summed E-state index contributed by atoms with van der Waals surface area (Å²) in [6, 6.07) is 9.18. The van der Waals surface area contributed by atoms with Gasteiger partial charge < -0.3 is 16.4 Å². The second-order valence-corrected chi connectivity index (χ2v) is 9.30. The summed E-state index contributed by atoms with van der Waals surface area (Å²) >= 11 is 12.6. The van der Waals surface area contributed by atoms with Gasteiger partial charge in [-0.05, 0) is 43.0 Å². The average molecular weight is 497 g/mol. The molecule has 4 aromatic rings. The number of H-pyrrole nitrogens is 1. The van der Waals surface area contributed by atoms with Gasteiger partial charge >= 0.3 is 0 Å². The number of nitrogens with zero attached hydrogens (tertiary/aromatic N) is 5. The summed E-state index contributed by atoms with van der Waals surface area (Å²) in [5.41, 5.74) is 14.7. The van der Waals surface area contributed by atoms with Crippen LogP contribution in [0.1, 0.15) is 28.9 Å². The molecular formula is C23H22Cl2N8O. The predicted octanol–water partition coefficient (Wildman–Crippen LogP) is 3.36. The van der Waals surface area contributed by atoms with Crippen LogP contribution in [0.3, 0.4) is 0 Å². The average Bonchev–Trinajstić information content (AvgIpc) is 3.25. The van der Waals surface area contributed by atoms with Crippen molar-refractivity contribution in [2.75, 3.05) is 18.0 Å². The van der Waals surface area contributed by atoms with E-state index in [4.69, 9.17) is 34.7 Å². The van der Waals surface area contributed by atoms with Gasteiger partial charge in [0.05, 0.1) is 21.1 Å². The third kappa shape index (κ3) is 4.18. The van der Waals surface area contributed by atoms with Gasteiger partial charge in [0.25, 0.3) is 5.91 Å². The molecule has 0 aliphatic carbocycles. The lowest BCUT2D eigenvalue weighted by atomic mass is 9.83. The van der Waals surface area contributed by atoms with E-state index in [1.165, 1.54) is 0 Å². The molecule has 1 saturated heterocycles. The van der Waals surface area contributed by atoms with Crippen LogP contribution in [-0.4, -0.2) is 49.7 Å². The van der Waals surface area contributed by atoms with Gasteiger partial charge in [0.15, 0.2) is 5.65 Å². The summed E-state index contributed by atoms with van der Waals surface area (Å²) in [6.07, 6.45) is 5.80. The highest BCUT2D eigenvalue weighted by Gasteiger charge is 2.33. The number of pyridine rings is 1. The Kier molecular flexibility index (Phi) is 5.85. The lowest BCUT2D eigenvalue weighted by Gasteiger charge is -2.39. The Hall–Kier alpha value is -3.27. The number of hydrogen-bond donors (Lipinski definition) is 3. The van der Waals surface area contributed by atoms with Gasteiger partial charge in [-0.15, -0.1) is 0 Å². The summed E-state index contributed by atoms with van der Waals surface area (Å²) in [4.78, 5) is 27.6. The molecule has 0 atom stereocenters. The van der Waals surface area contributed by atoms with Crippen molar-refractivity contribution in [3.05, 3.63) is 64.0 Å². The molecule has 5 N–H and O–H groups in total. The van der Waals surface area contributed by atoms with Crippen LogP contribution in [0.4, 0.5) is 5.95 Å². The van der Waals surface area contributed by atoms with Crippen molar-refractivity contribution in [3.8, 4) is 11.3 Å². The molecule has 1 amide bonds. The van der Waals surface area contributed by atoms with E-state index in [0.29, 0.717) is 51.4 Å². The van der Waals surface area contributed by atoms with E-state index in [-0.39, 0.29) is 11.2 Å². The third-order valence-electron chi connectivity index (χ3n) is 6.20. The molecule has 0 unspecified atom stereocenters. The van der Waals surface area contributed by atoms with Crippen LogP contribution in [0.2, 0.25) is 10.0 Å². The lowest BCUT2D eigenvalue weighted by molar-refractivity contribution is 0.0997. The molecule has 1 fully saturated rings. The second-order valence-electron chi connectivity index (χ2n) is 8.52. The number of anilines is 1.